The van der Waals surface area contributed by atoms with Crippen LogP contribution in [0, 0.1) is 5.92 Å². The standard InChI is InChI=1S/C13H16ClNOS/c1-2-15(8-9-3-4-9)13(16)11-7-10(17)5-6-12(11)14/h5-7,9,17H,2-4,8H2,1H3. The minimum Gasteiger partial charge on any atom is -0.339 e. The summed E-state index contributed by atoms with van der Waals surface area (Å²) in [6.07, 6.45) is 2.48. The molecule has 4 heteroatoms. The van der Waals surface area contributed by atoms with Gasteiger partial charge in [0.2, 0.25) is 0 Å². The molecule has 1 aliphatic rings. The molecule has 0 N–H and O–H groups in total. The van der Waals surface area contributed by atoms with Crippen LogP contribution in [0.25, 0.3) is 0 Å². The SMILES string of the molecule is CCN(CC1CC1)C(=O)c1cc(S)ccc1Cl. The Hall–Kier alpha value is -0.670. The average Bonchev–Trinajstić information content (AvgIpc) is 3.12. The number of thiol groups is 1. The van der Waals surface area contributed by atoms with E-state index < -0.39 is 0 Å². The van der Waals surface area contributed by atoms with Crippen molar-refractivity contribution in [2.24, 2.45) is 5.92 Å². The van der Waals surface area contributed by atoms with E-state index in [-0.39, 0.29) is 5.91 Å². The zero-order valence-corrected chi connectivity index (χ0v) is 11.5. The van der Waals surface area contributed by atoms with Crippen molar-refractivity contribution in [3.8, 4) is 0 Å². The zero-order chi connectivity index (χ0) is 12.4. The summed E-state index contributed by atoms with van der Waals surface area (Å²) in [4.78, 5) is 15.0. The molecule has 0 saturated heterocycles. The molecular weight excluding hydrogens is 254 g/mol. The number of amides is 1. The van der Waals surface area contributed by atoms with E-state index in [9.17, 15) is 4.79 Å². The van der Waals surface area contributed by atoms with Crippen molar-refractivity contribution in [1.29, 1.82) is 0 Å². The molecule has 0 aromatic heterocycles. The number of halogens is 1. The second-order valence-electron chi connectivity index (χ2n) is 4.45. The monoisotopic (exact) mass is 269 g/mol. The van der Waals surface area contributed by atoms with Gasteiger partial charge in [-0.2, -0.15) is 0 Å². The Labute approximate surface area is 112 Å². The Balaban J connectivity index is 2.18. The van der Waals surface area contributed by atoms with E-state index >= 15 is 0 Å². The summed E-state index contributed by atoms with van der Waals surface area (Å²) < 4.78 is 0. The van der Waals surface area contributed by atoms with Crippen LogP contribution in [-0.2, 0) is 0 Å². The predicted molar refractivity (Wildman–Crippen MR) is 73.0 cm³/mol. The van der Waals surface area contributed by atoms with Crippen LogP contribution in [0.5, 0.6) is 0 Å². The normalized spacial score (nSPS) is 14.8. The van der Waals surface area contributed by atoms with Crippen LogP contribution >= 0.6 is 24.2 Å². The maximum absolute atomic E-state index is 12.3. The van der Waals surface area contributed by atoms with Crippen molar-refractivity contribution in [3.05, 3.63) is 28.8 Å². The van der Waals surface area contributed by atoms with Gasteiger partial charge in [-0.05, 0) is 43.9 Å². The first-order valence-electron chi connectivity index (χ1n) is 5.89. The lowest BCUT2D eigenvalue weighted by atomic mass is 10.2. The van der Waals surface area contributed by atoms with E-state index in [0.29, 0.717) is 16.5 Å². The lowest BCUT2D eigenvalue weighted by Crippen LogP contribution is -2.32. The van der Waals surface area contributed by atoms with Gasteiger partial charge in [-0.3, -0.25) is 4.79 Å². The molecule has 17 heavy (non-hydrogen) atoms. The Morgan fingerprint density at radius 3 is 2.82 bits per heavy atom. The topological polar surface area (TPSA) is 20.3 Å². The molecule has 0 bridgehead atoms. The summed E-state index contributed by atoms with van der Waals surface area (Å²) in [6, 6.07) is 5.25. The summed E-state index contributed by atoms with van der Waals surface area (Å²) in [5.41, 5.74) is 0.557. The molecule has 0 aliphatic heterocycles. The van der Waals surface area contributed by atoms with Gasteiger partial charge in [0.1, 0.15) is 0 Å². The summed E-state index contributed by atoms with van der Waals surface area (Å²) in [7, 11) is 0. The van der Waals surface area contributed by atoms with Gasteiger partial charge in [-0.1, -0.05) is 11.6 Å². The fourth-order valence-corrected chi connectivity index (χ4v) is 2.22. The first kappa shape index (κ1) is 12.8. The molecule has 1 aromatic carbocycles. The summed E-state index contributed by atoms with van der Waals surface area (Å²) in [6.45, 7) is 3.57. The molecule has 2 rings (SSSR count). The zero-order valence-electron chi connectivity index (χ0n) is 9.82. The van der Waals surface area contributed by atoms with Gasteiger partial charge in [0, 0.05) is 18.0 Å². The minimum absolute atomic E-state index is 0.0142. The van der Waals surface area contributed by atoms with Crippen molar-refractivity contribution in [2.45, 2.75) is 24.7 Å². The van der Waals surface area contributed by atoms with E-state index in [0.717, 1.165) is 18.0 Å². The van der Waals surface area contributed by atoms with Crippen molar-refractivity contribution >= 4 is 30.1 Å². The van der Waals surface area contributed by atoms with E-state index in [1.165, 1.54) is 12.8 Å². The van der Waals surface area contributed by atoms with E-state index in [1.54, 1.807) is 18.2 Å². The van der Waals surface area contributed by atoms with Crippen LogP contribution in [0.3, 0.4) is 0 Å². The second kappa shape index (κ2) is 5.32. The van der Waals surface area contributed by atoms with Gasteiger partial charge in [-0.25, -0.2) is 0 Å². The number of nitrogens with zero attached hydrogens (tertiary/aromatic N) is 1. The van der Waals surface area contributed by atoms with Crippen LogP contribution in [0.2, 0.25) is 5.02 Å². The Kier molecular flexibility index (Phi) is 4.00. The average molecular weight is 270 g/mol. The van der Waals surface area contributed by atoms with Crippen LogP contribution < -0.4 is 0 Å². The third-order valence-corrected chi connectivity index (χ3v) is 3.63. The molecule has 1 aromatic rings. The first-order valence-corrected chi connectivity index (χ1v) is 6.72. The van der Waals surface area contributed by atoms with E-state index in [2.05, 4.69) is 12.6 Å². The first-order chi connectivity index (χ1) is 8.11. The van der Waals surface area contributed by atoms with Gasteiger partial charge in [0.25, 0.3) is 5.91 Å². The van der Waals surface area contributed by atoms with Crippen molar-refractivity contribution in [1.82, 2.24) is 4.90 Å². The van der Waals surface area contributed by atoms with Gasteiger partial charge in [0.05, 0.1) is 10.6 Å². The van der Waals surface area contributed by atoms with E-state index in [1.807, 2.05) is 11.8 Å². The predicted octanol–water partition coefficient (Wildman–Crippen LogP) is 3.50. The molecule has 0 heterocycles. The highest BCUT2D eigenvalue weighted by Gasteiger charge is 2.27. The van der Waals surface area contributed by atoms with E-state index in [4.69, 9.17) is 11.6 Å². The maximum Gasteiger partial charge on any atom is 0.255 e. The Morgan fingerprint density at radius 2 is 2.24 bits per heavy atom. The summed E-state index contributed by atoms with van der Waals surface area (Å²) in [5.74, 6) is 0.706. The van der Waals surface area contributed by atoms with Gasteiger partial charge in [0.15, 0.2) is 0 Å². The van der Waals surface area contributed by atoms with Crippen LogP contribution in [0.4, 0.5) is 0 Å². The summed E-state index contributed by atoms with van der Waals surface area (Å²) in [5, 5.41) is 0.502. The highest BCUT2D eigenvalue weighted by molar-refractivity contribution is 7.80. The number of rotatable bonds is 4. The molecule has 1 fully saturated rings. The maximum atomic E-state index is 12.3. The van der Waals surface area contributed by atoms with Crippen LogP contribution in [0.15, 0.2) is 23.1 Å². The number of hydrogen-bond acceptors (Lipinski definition) is 2. The quantitative estimate of drug-likeness (QED) is 0.830. The molecule has 2 nitrogen and oxygen atoms in total. The third-order valence-electron chi connectivity index (χ3n) is 3.02. The number of benzene rings is 1. The molecule has 1 aliphatic carbocycles. The highest BCUT2D eigenvalue weighted by atomic mass is 35.5. The fourth-order valence-electron chi connectivity index (χ4n) is 1.82. The highest BCUT2D eigenvalue weighted by Crippen LogP contribution is 2.30. The largest absolute Gasteiger partial charge is 0.339 e. The smallest absolute Gasteiger partial charge is 0.255 e. The lowest BCUT2D eigenvalue weighted by Gasteiger charge is -2.21. The summed E-state index contributed by atoms with van der Waals surface area (Å²) >= 11 is 10.3. The number of carbonyl (C=O) groups excluding carboxylic acids is 1. The van der Waals surface area contributed by atoms with Gasteiger partial charge >= 0.3 is 0 Å². The van der Waals surface area contributed by atoms with Crippen LogP contribution in [0.1, 0.15) is 30.1 Å². The molecule has 1 saturated carbocycles. The third kappa shape index (κ3) is 3.17. The molecule has 0 unspecified atom stereocenters. The van der Waals surface area contributed by atoms with Crippen molar-refractivity contribution in [3.63, 3.8) is 0 Å². The Bertz CT molecular complexity index is 431. The molecule has 92 valence electrons. The number of carbonyl (C=O) groups is 1. The van der Waals surface area contributed by atoms with Crippen LogP contribution in [-0.4, -0.2) is 23.9 Å². The molecular formula is C13H16ClNOS. The van der Waals surface area contributed by atoms with Gasteiger partial charge < -0.3 is 4.90 Å². The molecule has 0 atom stereocenters. The van der Waals surface area contributed by atoms with Crippen molar-refractivity contribution in [2.75, 3.05) is 13.1 Å². The fraction of sp³-hybridized carbons (Fsp3) is 0.462. The minimum atomic E-state index is 0.0142. The molecule has 0 radical (unpaired) electrons. The van der Waals surface area contributed by atoms with Crippen molar-refractivity contribution < 1.29 is 4.79 Å². The lowest BCUT2D eigenvalue weighted by molar-refractivity contribution is 0.0757. The molecule has 1 amide bonds. The second-order valence-corrected chi connectivity index (χ2v) is 5.37. The molecule has 0 spiro atoms. The number of hydrogen-bond donors (Lipinski definition) is 1. The van der Waals surface area contributed by atoms with Gasteiger partial charge in [-0.15, -0.1) is 12.6 Å². The Morgan fingerprint density at radius 1 is 1.53 bits per heavy atom.